The second kappa shape index (κ2) is 7.08. The maximum absolute atomic E-state index is 11.6. The van der Waals surface area contributed by atoms with Crippen LogP contribution in [-0.4, -0.2) is 39.0 Å². The molecule has 7 heteroatoms. The summed E-state index contributed by atoms with van der Waals surface area (Å²) in [4.78, 5) is 12.9. The van der Waals surface area contributed by atoms with Crippen LogP contribution in [-0.2, 0) is 16.3 Å². The fourth-order valence-corrected chi connectivity index (χ4v) is 4.49. The Bertz CT molecular complexity index is 512. The lowest BCUT2D eigenvalue weighted by Crippen LogP contribution is -2.40. The topological polar surface area (TPSA) is 75.3 Å². The zero-order valence-electron chi connectivity index (χ0n) is 11.3. The molecule has 2 rings (SSSR count). The molecule has 1 aliphatic rings. The molecule has 0 aromatic carbocycles. The molecule has 0 saturated carbocycles. The van der Waals surface area contributed by atoms with Crippen molar-refractivity contribution in [3.8, 4) is 0 Å². The van der Waals surface area contributed by atoms with E-state index >= 15 is 0 Å². The number of nitrogens with one attached hydrogen (secondary N) is 2. The number of hydrogen-bond acceptors (Lipinski definition) is 4. The summed E-state index contributed by atoms with van der Waals surface area (Å²) < 4.78 is 22.6. The Morgan fingerprint density at radius 2 is 2.05 bits per heavy atom. The van der Waals surface area contributed by atoms with Crippen LogP contribution in [0.5, 0.6) is 0 Å². The van der Waals surface area contributed by atoms with Crippen molar-refractivity contribution in [3.05, 3.63) is 22.4 Å². The minimum atomic E-state index is -2.82. The fraction of sp³-hybridized carbons (Fsp3) is 0.615. The lowest BCUT2D eigenvalue weighted by molar-refractivity contribution is 0.238. The van der Waals surface area contributed by atoms with Gasteiger partial charge in [0.25, 0.3) is 0 Å². The molecule has 5 nitrogen and oxygen atoms in total. The van der Waals surface area contributed by atoms with Crippen LogP contribution in [0.1, 0.15) is 17.7 Å². The average Bonchev–Trinajstić information content (AvgIpc) is 2.91. The molecule has 0 radical (unpaired) electrons. The third-order valence-corrected chi connectivity index (χ3v) is 6.11. The number of carbonyl (C=O) groups is 1. The molecule has 1 fully saturated rings. The first-order valence-corrected chi connectivity index (χ1v) is 9.50. The molecule has 112 valence electrons. The zero-order valence-corrected chi connectivity index (χ0v) is 12.9. The quantitative estimate of drug-likeness (QED) is 0.862. The van der Waals surface area contributed by atoms with Gasteiger partial charge in [-0.05, 0) is 36.6 Å². The lowest BCUT2D eigenvalue weighted by Gasteiger charge is -2.22. The first-order valence-electron chi connectivity index (χ1n) is 6.80. The van der Waals surface area contributed by atoms with Crippen molar-refractivity contribution in [3.63, 3.8) is 0 Å². The summed E-state index contributed by atoms with van der Waals surface area (Å²) in [7, 11) is -2.82. The largest absolute Gasteiger partial charge is 0.338 e. The number of rotatable bonds is 5. The standard InChI is InChI=1S/C13H20N2O3S2/c16-13(14-6-3-12-2-1-7-19-12)15-10-11-4-8-20(17,18)9-5-11/h1-2,7,11H,3-6,8-10H2,(H2,14,15,16). The van der Waals surface area contributed by atoms with E-state index in [0.717, 1.165) is 6.42 Å². The number of sulfone groups is 1. The van der Waals surface area contributed by atoms with Crippen LogP contribution >= 0.6 is 11.3 Å². The summed E-state index contributed by atoms with van der Waals surface area (Å²) in [6.45, 7) is 1.17. The van der Waals surface area contributed by atoms with Crippen LogP contribution in [0, 0.1) is 5.92 Å². The van der Waals surface area contributed by atoms with Gasteiger partial charge in [0, 0.05) is 18.0 Å². The second-order valence-corrected chi connectivity index (χ2v) is 8.40. The van der Waals surface area contributed by atoms with E-state index in [9.17, 15) is 13.2 Å². The van der Waals surface area contributed by atoms with Gasteiger partial charge in [-0.2, -0.15) is 0 Å². The van der Waals surface area contributed by atoms with E-state index in [1.807, 2.05) is 17.5 Å². The van der Waals surface area contributed by atoms with Gasteiger partial charge in [-0.1, -0.05) is 6.07 Å². The molecule has 1 aromatic rings. The summed E-state index contributed by atoms with van der Waals surface area (Å²) >= 11 is 1.68. The van der Waals surface area contributed by atoms with Gasteiger partial charge in [0.15, 0.2) is 0 Å². The van der Waals surface area contributed by atoms with Gasteiger partial charge in [-0.15, -0.1) is 11.3 Å². The van der Waals surface area contributed by atoms with Gasteiger partial charge in [0.05, 0.1) is 11.5 Å². The molecule has 0 aliphatic carbocycles. The zero-order chi connectivity index (χ0) is 14.4. The van der Waals surface area contributed by atoms with E-state index in [-0.39, 0.29) is 23.5 Å². The van der Waals surface area contributed by atoms with Crippen molar-refractivity contribution >= 4 is 27.2 Å². The van der Waals surface area contributed by atoms with Gasteiger partial charge in [-0.25, -0.2) is 13.2 Å². The van der Waals surface area contributed by atoms with E-state index in [2.05, 4.69) is 10.6 Å². The van der Waals surface area contributed by atoms with Crippen LogP contribution in [0.4, 0.5) is 4.79 Å². The third-order valence-electron chi connectivity index (χ3n) is 3.46. The first-order chi connectivity index (χ1) is 9.55. The second-order valence-electron chi connectivity index (χ2n) is 5.06. The molecule has 1 aromatic heterocycles. The van der Waals surface area contributed by atoms with Crippen LogP contribution in [0.3, 0.4) is 0 Å². The third kappa shape index (κ3) is 5.13. The summed E-state index contributed by atoms with van der Waals surface area (Å²) in [6.07, 6.45) is 2.14. The highest BCUT2D eigenvalue weighted by Gasteiger charge is 2.23. The Kier molecular flexibility index (Phi) is 5.42. The maximum Gasteiger partial charge on any atom is 0.314 e. The van der Waals surface area contributed by atoms with E-state index < -0.39 is 9.84 Å². The van der Waals surface area contributed by atoms with Crippen molar-refractivity contribution < 1.29 is 13.2 Å². The minimum Gasteiger partial charge on any atom is -0.338 e. The van der Waals surface area contributed by atoms with Gasteiger partial charge in [0.1, 0.15) is 9.84 Å². The summed E-state index contributed by atoms with van der Waals surface area (Å²) in [5, 5.41) is 7.65. The molecular formula is C13H20N2O3S2. The predicted molar refractivity (Wildman–Crippen MR) is 80.8 cm³/mol. The Morgan fingerprint density at radius 1 is 1.30 bits per heavy atom. The van der Waals surface area contributed by atoms with E-state index in [1.54, 1.807) is 11.3 Å². The van der Waals surface area contributed by atoms with Crippen LogP contribution in [0.2, 0.25) is 0 Å². The molecule has 1 saturated heterocycles. The highest BCUT2D eigenvalue weighted by molar-refractivity contribution is 7.91. The smallest absolute Gasteiger partial charge is 0.314 e. The first kappa shape index (κ1) is 15.3. The molecule has 20 heavy (non-hydrogen) atoms. The van der Waals surface area contributed by atoms with E-state index in [1.165, 1.54) is 4.88 Å². The number of urea groups is 1. The molecule has 2 amide bonds. The van der Waals surface area contributed by atoms with Crippen molar-refractivity contribution in [2.75, 3.05) is 24.6 Å². The van der Waals surface area contributed by atoms with Crippen molar-refractivity contribution in [2.24, 2.45) is 5.92 Å². The molecule has 2 N–H and O–H groups in total. The Labute approximate surface area is 123 Å². The Hall–Kier alpha value is -1.08. The van der Waals surface area contributed by atoms with E-state index in [0.29, 0.717) is 25.9 Å². The molecule has 1 aliphatic heterocycles. The van der Waals surface area contributed by atoms with Gasteiger partial charge in [0.2, 0.25) is 0 Å². The normalized spacial score (nSPS) is 18.6. The maximum atomic E-state index is 11.6. The number of hydrogen-bond donors (Lipinski definition) is 2. The van der Waals surface area contributed by atoms with Gasteiger partial charge < -0.3 is 10.6 Å². The average molecular weight is 316 g/mol. The van der Waals surface area contributed by atoms with Crippen molar-refractivity contribution in [1.29, 1.82) is 0 Å². The van der Waals surface area contributed by atoms with Gasteiger partial charge >= 0.3 is 6.03 Å². The predicted octanol–water partition coefficient (Wildman–Crippen LogP) is 1.41. The van der Waals surface area contributed by atoms with Crippen molar-refractivity contribution in [1.82, 2.24) is 10.6 Å². The minimum absolute atomic E-state index is 0.171. The number of thiophene rings is 1. The lowest BCUT2D eigenvalue weighted by atomic mass is 10.0. The van der Waals surface area contributed by atoms with Gasteiger partial charge in [-0.3, -0.25) is 0 Å². The monoisotopic (exact) mass is 316 g/mol. The van der Waals surface area contributed by atoms with Crippen molar-refractivity contribution in [2.45, 2.75) is 19.3 Å². The number of amides is 2. The molecule has 0 bridgehead atoms. The SMILES string of the molecule is O=C(NCCc1cccs1)NCC1CCS(=O)(=O)CC1. The summed E-state index contributed by atoms with van der Waals surface area (Å²) in [5.41, 5.74) is 0. The van der Waals surface area contributed by atoms with Crippen LogP contribution in [0.25, 0.3) is 0 Å². The molecule has 0 spiro atoms. The molecule has 0 atom stereocenters. The Morgan fingerprint density at radius 3 is 2.70 bits per heavy atom. The Balaban J connectivity index is 1.58. The fourth-order valence-electron chi connectivity index (χ4n) is 2.20. The molecule has 2 heterocycles. The van der Waals surface area contributed by atoms with Crippen LogP contribution in [0.15, 0.2) is 17.5 Å². The van der Waals surface area contributed by atoms with Crippen LogP contribution < -0.4 is 10.6 Å². The molecule has 0 unspecified atom stereocenters. The summed E-state index contributed by atoms with van der Waals surface area (Å²) in [5.74, 6) is 0.778. The highest BCUT2D eigenvalue weighted by Crippen LogP contribution is 2.17. The summed E-state index contributed by atoms with van der Waals surface area (Å²) in [6, 6.07) is 3.87. The number of carbonyl (C=O) groups excluding carboxylic acids is 1. The van der Waals surface area contributed by atoms with E-state index in [4.69, 9.17) is 0 Å². The molecular weight excluding hydrogens is 296 g/mol. The highest BCUT2D eigenvalue weighted by atomic mass is 32.2.